The molecular formula is C17H19F3N4O3. The molecule has 0 amide bonds. The van der Waals surface area contributed by atoms with Gasteiger partial charge in [-0.2, -0.15) is 17.9 Å². The predicted molar refractivity (Wildman–Crippen MR) is 91.2 cm³/mol. The largest absolute Gasteiger partial charge is 0.618 e. The van der Waals surface area contributed by atoms with Gasteiger partial charge in [-0.25, -0.2) is 0 Å². The van der Waals surface area contributed by atoms with E-state index in [1.54, 1.807) is 0 Å². The van der Waals surface area contributed by atoms with E-state index in [4.69, 9.17) is 0 Å². The number of aromatic nitrogens is 2. The SMILES string of the molecule is CC(=O)c1c(C(F)(F)F)[n+]([O-])c2ccc(N3CCCNCC3C)cc2[n+]1[O-]. The summed E-state index contributed by atoms with van der Waals surface area (Å²) in [5.41, 5.74) is -3.10. The molecule has 1 aromatic heterocycles. The highest BCUT2D eigenvalue weighted by molar-refractivity contribution is 5.92. The topological polar surface area (TPSA) is 86.2 Å². The summed E-state index contributed by atoms with van der Waals surface area (Å²) in [4.78, 5) is 13.7. The van der Waals surface area contributed by atoms with Crippen molar-refractivity contribution in [2.24, 2.45) is 0 Å². The number of alkyl halides is 3. The molecule has 1 saturated heterocycles. The lowest BCUT2D eigenvalue weighted by Crippen LogP contribution is -2.50. The molecule has 7 nitrogen and oxygen atoms in total. The van der Waals surface area contributed by atoms with Crippen molar-refractivity contribution in [2.45, 2.75) is 32.5 Å². The van der Waals surface area contributed by atoms with Crippen LogP contribution in [0.3, 0.4) is 0 Å². The Balaban J connectivity index is 2.25. The van der Waals surface area contributed by atoms with Gasteiger partial charge < -0.3 is 20.6 Å². The molecule has 0 aliphatic carbocycles. The molecule has 0 bridgehead atoms. The van der Waals surface area contributed by atoms with Gasteiger partial charge in [-0.1, -0.05) is 0 Å². The third-order valence-corrected chi connectivity index (χ3v) is 4.69. The second-order valence-corrected chi connectivity index (χ2v) is 6.61. The normalized spacial score (nSPS) is 18.6. The third kappa shape index (κ3) is 3.36. The predicted octanol–water partition coefficient (Wildman–Crippen LogP) is 1.52. The van der Waals surface area contributed by atoms with Gasteiger partial charge in [0.15, 0.2) is 0 Å². The fourth-order valence-corrected chi connectivity index (χ4v) is 3.42. The van der Waals surface area contributed by atoms with Crippen LogP contribution in [0.4, 0.5) is 18.9 Å². The lowest BCUT2D eigenvalue weighted by atomic mass is 10.1. The number of nitrogens with one attached hydrogen (secondary N) is 1. The van der Waals surface area contributed by atoms with Crippen LogP contribution >= 0.6 is 0 Å². The molecule has 1 fully saturated rings. The van der Waals surface area contributed by atoms with Crippen molar-refractivity contribution in [1.82, 2.24) is 5.32 Å². The molecule has 2 aromatic rings. The van der Waals surface area contributed by atoms with E-state index in [-0.39, 0.29) is 21.0 Å². The van der Waals surface area contributed by atoms with Crippen LogP contribution < -0.4 is 19.7 Å². The van der Waals surface area contributed by atoms with E-state index in [9.17, 15) is 28.4 Å². The molecule has 27 heavy (non-hydrogen) atoms. The summed E-state index contributed by atoms with van der Waals surface area (Å²) in [6, 6.07) is 4.17. The van der Waals surface area contributed by atoms with Crippen molar-refractivity contribution in [1.29, 1.82) is 0 Å². The lowest BCUT2D eigenvalue weighted by molar-refractivity contribution is -0.647. The van der Waals surface area contributed by atoms with Gasteiger partial charge in [0.1, 0.15) is 0 Å². The van der Waals surface area contributed by atoms with E-state index >= 15 is 0 Å². The van der Waals surface area contributed by atoms with Crippen LogP contribution in [0, 0.1) is 10.4 Å². The maximum absolute atomic E-state index is 13.3. The molecule has 146 valence electrons. The number of hydrogen-bond donors (Lipinski definition) is 1. The summed E-state index contributed by atoms with van der Waals surface area (Å²) in [6.07, 6.45) is -4.28. The van der Waals surface area contributed by atoms with Crippen LogP contribution in [0.25, 0.3) is 11.0 Å². The van der Waals surface area contributed by atoms with Crippen LogP contribution in [-0.4, -0.2) is 31.5 Å². The Kier molecular flexibility index (Phi) is 4.85. The Morgan fingerprint density at radius 3 is 2.59 bits per heavy atom. The van der Waals surface area contributed by atoms with Crippen LogP contribution in [0.5, 0.6) is 0 Å². The highest BCUT2D eigenvalue weighted by atomic mass is 19.4. The summed E-state index contributed by atoms with van der Waals surface area (Å²) in [5.74, 6) is -1.12. The molecule has 0 spiro atoms. The first-order valence-corrected chi connectivity index (χ1v) is 8.51. The molecule has 1 unspecified atom stereocenters. The lowest BCUT2D eigenvalue weighted by Gasteiger charge is -2.29. The standard InChI is InChI=1S/C17H19F3N4O3/c1-10-9-21-6-3-7-22(10)12-4-5-13-14(8-12)23(26)15(11(2)25)16(24(13)27)17(18,19)20/h4-5,8,10,21H,3,6-7,9H2,1-2H3. The number of rotatable bonds is 2. The minimum Gasteiger partial charge on any atom is -0.618 e. The second-order valence-electron chi connectivity index (χ2n) is 6.61. The molecule has 1 atom stereocenters. The van der Waals surface area contributed by atoms with E-state index in [0.717, 1.165) is 19.9 Å². The number of fused-ring (bicyclic) bond motifs is 1. The monoisotopic (exact) mass is 384 g/mol. The molecular weight excluding hydrogens is 365 g/mol. The van der Waals surface area contributed by atoms with Crippen molar-refractivity contribution in [2.75, 3.05) is 24.5 Å². The second kappa shape index (κ2) is 6.84. The van der Waals surface area contributed by atoms with Gasteiger partial charge in [-0.05, 0) is 26.0 Å². The first kappa shape index (κ1) is 19.2. The Labute approximate surface area is 153 Å². The Morgan fingerprint density at radius 2 is 1.96 bits per heavy atom. The maximum atomic E-state index is 13.3. The highest BCUT2D eigenvalue weighted by Gasteiger charge is 2.50. The van der Waals surface area contributed by atoms with Crippen molar-refractivity contribution >= 4 is 22.5 Å². The molecule has 1 aliphatic rings. The number of ketones is 1. The van der Waals surface area contributed by atoms with Gasteiger partial charge in [0.05, 0.1) is 0 Å². The molecule has 0 saturated carbocycles. The number of carbonyl (C=O) groups excluding carboxylic acids is 1. The average Bonchev–Trinajstić information content (AvgIpc) is 2.80. The molecule has 1 aliphatic heterocycles. The van der Waals surface area contributed by atoms with E-state index in [1.165, 1.54) is 18.2 Å². The number of halogens is 3. The average molecular weight is 384 g/mol. The highest BCUT2D eigenvalue weighted by Crippen LogP contribution is 2.30. The van der Waals surface area contributed by atoms with Gasteiger partial charge in [-0.3, -0.25) is 4.79 Å². The maximum Gasteiger partial charge on any atom is 0.486 e. The quantitative estimate of drug-likeness (QED) is 0.482. The zero-order valence-corrected chi connectivity index (χ0v) is 14.8. The number of anilines is 1. The fourth-order valence-electron chi connectivity index (χ4n) is 3.42. The summed E-state index contributed by atoms with van der Waals surface area (Å²) in [6.45, 7) is 5.05. The zero-order valence-electron chi connectivity index (χ0n) is 14.8. The van der Waals surface area contributed by atoms with Crippen molar-refractivity contribution < 1.29 is 27.4 Å². The molecule has 1 aromatic carbocycles. The molecule has 1 N–H and O–H groups in total. The summed E-state index contributed by atoms with van der Waals surface area (Å²) in [7, 11) is 0. The third-order valence-electron chi connectivity index (χ3n) is 4.69. The van der Waals surface area contributed by atoms with E-state index in [1.807, 2.05) is 11.8 Å². The van der Waals surface area contributed by atoms with Gasteiger partial charge >= 0.3 is 17.6 Å². The first-order valence-electron chi connectivity index (χ1n) is 8.51. The summed E-state index contributed by atoms with van der Waals surface area (Å²) < 4.78 is 39.4. The van der Waals surface area contributed by atoms with Crippen molar-refractivity contribution in [3.8, 4) is 0 Å². The first-order chi connectivity index (χ1) is 12.6. The van der Waals surface area contributed by atoms with Gasteiger partial charge in [0.2, 0.25) is 5.78 Å². The minimum atomic E-state index is -5.13. The summed E-state index contributed by atoms with van der Waals surface area (Å²) >= 11 is 0. The minimum absolute atomic E-state index is 0.0842. The van der Waals surface area contributed by atoms with E-state index in [0.29, 0.717) is 18.8 Å². The number of benzene rings is 1. The number of carbonyl (C=O) groups is 1. The fraction of sp³-hybridized carbons (Fsp3) is 0.471. The van der Waals surface area contributed by atoms with Crippen LogP contribution in [-0.2, 0) is 6.18 Å². The van der Waals surface area contributed by atoms with Crippen molar-refractivity contribution in [3.63, 3.8) is 0 Å². The van der Waals surface area contributed by atoms with Crippen molar-refractivity contribution in [3.05, 3.63) is 40.0 Å². The number of hydrogen-bond acceptors (Lipinski definition) is 5. The number of Topliss-reactive ketones (excluding diaryl/α,β-unsaturated/α-hetero) is 1. The number of nitrogens with zero attached hydrogens (tertiary/aromatic N) is 3. The zero-order chi connectivity index (χ0) is 19.9. The van der Waals surface area contributed by atoms with Crippen LogP contribution in [0.1, 0.15) is 36.5 Å². The van der Waals surface area contributed by atoms with Crippen LogP contribution in [0.2, 0.25) is 0 Å². The van der Waals surface area contributed by atoms with Gasteiger partial charge in [0.25, 0.3) is 11.0 Å². The molecule has 10 heteroatoms. The molecule has 3 rings (SSSR count). The van der Waals surface area contributed by atoms with Gasteiger partial charge in [-0.15, -0.1) is 4.73 Å². The molecule has 2 heterocycles. The Morgan fingerprint density at radius 1 is 1.26 bits per heavy atom. The molecule has 0 radical (unpaired) electrons. The smallest absolute Gasteiger partial charge is 0.486 e. The van der Waals surface area contributed by atoms with Gasteiger partial charge in [0, 0.05) is 43.9 Å². The Hall–Kier alpha value is -2.62. The Bertz CT molecular complexity index is 901. The van der Waals surface area contributed by atoms with Crippen LogP contribution in [0.15, 0.2) is 18.2 Å². The van der Waals surface area contributed by atoms with E-state index < -0.39 is 28.9 Å². The summed E-state index contributed by atoms with van der Waals surface area (Å²) in [5, 5.41) is 28.2. The van der Waals surface area contributed by atoms with E-state index in [2.05, 4.69) is 5.32 Å².